The van der Waals surface area contributed by atoms with Crippen molar-refractivity contribution in [2.24, 2.45) is 11.8 Å². The molecule has 0 aromatic rings. The monoisotopic (exact) mass is 183 g/mol. The topological polar surface area (TPSA) is 21.3 Å². The van der Waals surface area contributed by atoms with Gasteiger partial charge in [0.05, 0.1) is 6.61 Å². The van der Waals surface area contributed by atoms with Gasteiger partial charge in [-0.1, -0.05) is 6.42 Å². The van der Waals surface area contributed by atoms with Crippen LogP contribution in [-0.2, 0) is 4.74 Å². The molecule has 0 amide bonds. The van der Waals surface area contributed by atoms with E-state index >= 15 is 0 Å². The fraction of sp³-hybridized carbons (Fsp3) is 1.00. The van der Waals surface area contributed by atoms with Crippen LogP contribution in [0.15, 0.2) is 0 Å². The molecule has 0 radical (unpaired) electrons. The molecule has 1 N–H and O–H groups in total. The molecule has 0 aromatic heterocycles. The summed E-state index contributed by atoms with van der Waals surface area (Å²) in [4.78, 5) is 0. The van der Waals surface area contributed by atoms with Gasteiger partial charge in [-0.3, -0.25) is 0 Å². The summed E-state index contributed by atoms with van der Waals surface area (Å²) < 4.78 is 5.39. The van der Waals surface area contributed by atoms with Crippen LogP contribution in [0.25, 0.3) is 0 Å². The highest BCUT2D eigenvalue weighted by atomic mass is 16.5. The average molecular weight is 183 g/mol. The van der Waals surface area contributed by atoms with E-state index in [9.17, 15) is 0 Å². The van der Waals surface area contributed by atoms with Crippen LogP contribution in [0.3, 0.4) is 0 Å². The smallest absolute Gasteiger partial charge is 0.0509 e. The molecule has 13 heavy (non-hydrogen) atoms. The van der Waals surface area contributed by atoms with Crippen molar-refractivity contribution in [3.05, 3.63) is 0 Å². The fourth-order valence-corrected chi connectivity index (χ4v) is 2.16. The molecule has 1 aliphatic carbocycles. The molecule has 1 saturated heterocycles. The van der Waals surface area contributed by atoms with E-state index < -0.39 is 0 Å². The van der Waals surface area contributed by atoms with E-state index in [0.29, 0.717) is 6.04 Å². The Balaban J connectivity index is 1.62. The maximum Gasteiger partial charge on any atom is 0.0509 e. The summed E-state index contributed by atoms with van der Waals surface area (Å²) in [6, 6.07) is 0.656. The van der Waals surface area contributed by atoms with Crippen molar-refractivity contribution >= 4 is 0 Å². The van der Waals surface area contributed by atoms with E-state index in [1.165, 1.54) is 32.2 Å². The molecule has 2 fully saturated rings. The molecule has 0 aromatic carbocycles. The number of hydrogen-bond acceptors (Lipinski definition) is 2. The number of ether oxygens (including phenoxy) is 1. The molecule has 2 heteroatoms. The van der Waals surface area contributed by atoms with Gasteiger partial charge >= 0.3 is 0 Å². The van der Waals surface area contributed by atoms with Gasteiger partial charge in [-0.05, 0) is 44.6 Å². The lowest BCUT2D eigenvalue weighted by Crippen LogP contribution is -2.38. The molecule has 2 aliphatic rings. The lowest BCUT2D eigenvalue weighted by Gasteiger charge is -2.28. The van der Waals surface area contributed by atoms with Crippen LogP contribution >= 0.6 is 0 Å². The normalized spacial score (nSPS) is 31.6. The Bertz CT molecular complexity index is 150. The second-order valence-electron chi connectivity index (χ2n) is 4.62. The second kappa shape index (κ2) is 4.43. The van der Waals surface area contributed by atoms with Gasteiger partial charge < -0.3 is 10.1 Å². The molecule has 0 spiro atoms. The quantitative estimate of drug-likeness (QED) is 0.717. The van der Waals surface area contributed by atoms with Crippen molar-refractivity contribution in [1.82, 2.24) is 5.32 Å². The van der Waals surface area contributed by atoms with Crippen LogP contribution in [0.1, 0.15) is 32.6 Å². The fourth-order valence-electron chi connectivity index (χ4n) is 2.16. The Morgan fingerprint density at radius 1 is 1.38 bits per heavy atom. The molecule has 76 valence electrons. The van der Waals surface area contributed by atoms with E-state index in [2.05, 4.69) is 12.2 Å². The van der Waals surface area contributed by atoms with Crippen molar-refractivity contribution in [2.45, 2.75) is 38.6 Å². The SMILES string of the molecule is CC(NCC1CCC1)C1CCOC1. The van der Waals surface area contributed by atoms with Crippen LogP contribution in [0.2, 0.25) is 0 Å². The van der Waals surface area contributed by atoms with Crippen LogP contribution in [0.5, 0.6) is 0 Å². The minimum atomic E-state index is 0.656. The summed E-state index contributed by atoms with van der Waals surface area (Å²) in [6.07, 6.45) is 5.59. The molecule has 1 aliphatic heterocycles. The Morgan fingerprint density at radius 3 is 2.77 bits per heavy atom. The average Bonchev–Trinajstić information content (AvgIpc) is 2.52. The molecule has 2 atom stereocenters. The Morgan fingerprint density at radius 2 is 2.23 bits per heavy atom. The lowest BCUT2D eigenvalue weighted by molar-refractivity contribution is 0.176. The summed E-state index contributed by atoms with van der Waals surface area (Å²) in [5, 5.41) is 3.65. The molecule has 1 heterocycles. The third-order valence-corrected chi connectivity index (χ3v) is 3.63. The van der Waals surface area contributed by atoms with Crippen molar-refractivity contribution < 1.29 is 4.74 Å². The third kappa shape index (κ3) is 2.44. The maximum atomic E-state index is 5.39. The van der Waals surface area contributed by atoms with Crippen LogP contribution in [0.4, 0.5) is 0 Å². The van der Waals surface area contributed by atoms with Crippen molar-refractivity contribution in [1.29, 1.82) is 0 Å². The molecule has 2 nitrogen and oxygen atoms in total. The number of rotatable bonds is 4. The molecule has 1 saturated carbocycles. The first-order chi connectivity index (χ1) is 6.36. The highest BCUT2D eigenvalue weighted by Gasteiger charge is 2.23. The highest BCUT2D eigenvalue weighted by molar-refractivity contribution is 4.79. The van der Waals surface area contributed by atoms with Gasteiger partial charge in [0, 0.05) is 12.6 Å². The predicted octanol–water partition coefficient (Wildman–Crippen LogP) is 1.80. The molecule has 0 bridgehead atoms. The zero-order valence-corrected chi connectivity index (χ0v) is 8.59. The minimum absolute atomic E-state index is 0.656. The molecular weight excluding hydrogens is 162 g/mol. The van der Waals surface area contributed by atoms with E-state index in [4.69, 9.17) is 4.74 Å². The molecule has 2 unspecified atom stereocenters. The van der Waals surface area contributed by atoms with Crippen LogP contribution in [0, 0.1) is 11.8 Å². The Labute approximate surface area is 81.0 Å². The number of hydrogen-bond donors (Lipinski definition) is 1. The molecule has 2 rings (SSSR count). The van der Waals surface area contributed by atoms with Crippen LogP contribution in [-0.4, -0.2) is 25.8 Å². The highest BCUT2D eigenvalue weighted by Crippen LogP contribution is 2.26. The Hall–Kier alpha value is -0.0800. The molecular formula is C11H21NO. The second-order valence-corrected chi connectivity index (χ2v) is 4.62. The van der Waals surface area contributed by atoms with Crippen molar-refractivity contribution in [3.63, 3.8) is 0 Å². The first-order valence-corrected chi connectivity index (χ1v) is 5.67. The van der Waals surface area contributed by atoms with Gasteiger partial charge in [0.2, 0.25) is 0 Å². The largest absolute Gasteiger partial charge is 0.381 e. The van der Waals surface area contributed by atoms with Gasteiger partial charge in [-0.25, -0.2) is 0 Å². The summed E-state index contributed by atoms with van der Waals surface area (Å²) >= 11 is 0. The summed E-state index contributed by atoms with van der Waals surface area (Å²) in [5.41, 5.74) is 0. The lowest BCUT2D eigenvalue weighted by atomic mass is 9.85. The van der Waals surface area contributed by atoms with E-state index in [1.54, 1.807) is 0 Å². The summed E-state index contributed by atoms with van der Waals surface area (Å²) in [6.45, 7) is 5.48. The van der Waals surface area contributed by atoms with Crippen molar-refractivity contribution in [2.75, 3.05) is 19.8 Å². The zero-order valence-electron chi connectivity index (χ0n) is 8.59. The first-order valence-electron chi connectivity index (χ1n) is 5.67. The standard InChI is InChI=1S/C11H21NO/c1-9(11-5-6-13-8-11)12-7-10-3-2-4-10/h9-12H,2-8H2,1H3. The van der Waals surface area contributed by atoms with Crippen molar-refractivity contribution in [3.8, 4) is 0 Å². The van der Waals surface area contributed by atoms with E-state index in [-0.39, 0.29) is 0 Å². The predicted molar refractivity (Wildman–Crippen MR) is 53.7 cm³/mol. The van der Waals surface area contributed by atoms with Gasteiger partial charge in [0.25, 0.3) is 0 Å². The third-order valence-electron chi connectivity index (χ3n) is 3.63. The van der Waals surface area contributed by atoms with Gasteiger partial charge in [-0.15, -0.1) is 0 Å². The van der Waals surface area contributed by atoms with Crippen LogP contribution < -0.4 is 5.32 Å². The zero-order chi connectivity index (χ0) is 9.10. The van der Waals surface area contributed by atoms with E-state index in [1.807, 2.05) is 0 Å². The minimum Gasteiger partial charge on any atom is -0.381 e. The number of nitrogens with one attached hydrogen (secondary N) is 1. The maximum absolute atomic E-state index is 5.39. The van der Waals surface area contributed by atoms with Gasteiger partial charge in [-0.2, -0.15) is 0 Å². The Kier molecular flexibility index (Phi) is 3.23. The van der Waals surface area contributed by atoms with Gasteiger partial charge in [0.1, 0.15) is 0 Å². The summed E-state index contributed by atoms with van der Waals surface area (Å²) in [5.74, 6) is 1.74. The van der Waals surface area contributed by atoms with Gasteiger partial charge in [0.15, 0.2) is 0 Å². The first kappa shape index (κ1) is 9.47. The summed E-state index contributed by atoms with van der Waals surface area (Å²) in [7, 11) is 0. The van der Waals surface area contributed by atoms with E-state index in [0.717, 1.165) is 25.0 Å².